The van der Waals surface area contributed by atoms with Gasteiger partial charge in [-0.25, -0.2) is 4.98 Å². The van der Waals surface area contributed by atoms with Crippen LogP contribution in [-0.4, -0.2) is 21.9 Å². The van der Waals surface area contributed by atoms with E-state index in [0.29, 0.717) is 12.6 Å². The molecule has 0 radical (unpaired) electrons. The summed E-state index contributed by atoms with van der Waals surface area (Å²) in [6.45, 7) is 1.53. The Morgan fingerprint density at radius 2 is 2.18 bits per heavy atom. The van der Waals surface area contributed by atoms with E-state index in [1.54, 1.807) is 6.33 Å². The fourth-order valence-corrected chi connectivity index (χ4v) is 2.92. The zero-order valence-electron chi connectivity index (χ0n) is 9.41. The van der Waals surface area contributed by atoms with Crippen molar-refractivity contribution in [1.82, 2.24) is 9.36 Å². The third-order valence-electron chi connectivity index (χ3n) is 3.22. The summed E-state index contributed by atoms with van der Waals surface area (Å²) in [5.41, 5.74) is 8.65. The molecular formula is C12H14N4S. The first-order valence-corrected chi connectivity index (χ1v) is 6.46. The van der Waals surface area contributed by atoms with Crippen LogP contribution in [0.3, 0.4) is 0 Å². The van der Waals surface area contributed by atoms with E-state index in [1.165, 1.54) is 22.7 Å². The summed E-state index contributed by atoms with van der Waals surface area (Å²) in [4.78, 5) is 6.55. The summed E-state index contributed by atoms with van der Waals surface area (Å²) in [7, 11) is 0. The first kappa shape index (κ1) is 10.7. The zero-order chi connectivity index (χ0) is 11.7. The van der Waals surface area contributed by atoms with Gasteiger partial charge in [-0.3, -0.25) is 0 Å². The van der Waals surface area contributed by atoms with Gasteiger partial charge in [-0.2, -0.15) is 4.37 Å². The summed E-state index contributed by atoms with van der Waals surface area (Å²) < 4.78 is 4.07. The fraction of sp³-hybridized carbons (Fsp3) is 0.333. The van der Waals surface area contributed by atoms with Crippen molar-refractivity contribution in [3.63, 3.8) is 0 Å². The summed E-state index contributed by atoms with van der Waals surface area (Å²) >= 11 is 1.43. The lowest BCUT2D eigenvalue weighted by Gasteiger charge is -2.35. The zero-order valence-corrected chi connectivity index (χ0v) is 10.2. The number of nitrogens with two attached hydrogens (primary N) is 1. The minimum Gasteiger partial charge on any atom is -0.338 e. The quantitative estimate of drug-likeness (QED) is 0.871. The van der Waals surface area contributed by atoms with Gasteiger partial charge in [0.15, 0.2) is 0 Å². The number of anilines is 1. The minimum atomic E-state index is 0.331. The molecule has 1 aliphatic heterocycles. The van der Waals surface area contributed by atoms with Gasteiger partial charge in [-0.15, -0.1) is 0 Å². The number of hydrogen-bond acceptors (Lipinski definition) is 5. The molecule has 4 nitrogen and oxygen atoms in total. The number of fused-ring (bicyclic) bond motifs is 1. The van der Waals surface area contributed by atoms with Crippen molar-refractivity contribution in [3.05, 3.63) is 41.7 Å². The van der Waals surface area contributed by atoms with E-state index in [0.717, 1.165) is 18.1 Å². The van der Waals surface area contributed by atoms with Crippen LogP contribution in [0.25, 0.3) is 0 Å². The van der Waals surface area contributed by atoms with Crippen molar-refractivity contribution >= 4 is 16.7 Å². The van der Waals surface area contributed by atoms with Gasteiger partial charge in [0.05, 0.1) is 0 Å². The number of rotatable bonds is 2. The molecule has 88 valence electrons. The monoisotopic (exact) mass is 246 g/mol. The molecule has 17 heavy (non-hydrogen) atoms. The van der Waals surface area contributed by atoms with Gasteiger partial charge < -0.3 is 10.6 Å². The predicted octanol–water partition coefficient (Wildman–Crippen LogP) is 1.43. The van der Waals surface area contributed by atoms with Crippen molar-refractivity contribution in [2.24, 2.45) is 5.73 Å². The molecule has 2 N–H and O–H groups in total. The topological polar surface area (TPSA) is 55.0 Å². The second-order valence-corrected chi connectivity index (χ2v) is 4.97. The van der Waals surface area contributed by atoms with E-state index in [4.69, 9.17) is 5.73 Å². The van der Waals surface area contributed by atoms with Crippen molar-refractivity contribution in [2.45, 2.75) is 19.0 Å². The van der Waals surface area contributed by atoms with Crippen LogP contribution in [0.15, 0.2) is 30.6 Å². The molecule has 1 aromatic heterocycles. The van der Waals surface area contributed by atoms with Crippen LogP contribution < -0.4 is 10.6 Å². The van der Waals surface area contributed by atoms with E-state index in [-0.39, 0.29) is 0 Å². The van der Waals surface area contributed by atoms with E-state index in [9.17, 15) is 0 Å². The van der Waals surface area contributed by atoms with Crippen molar-refractivity contribution in [1.29, 1.82) is 0 Å². The average molecular weight is 246 g/mol. The lowest BCUT2D eigenvalue weighted by atomic mass is 9.94. The maximum Gasteiger partial charge on any atom is 0.205 e. The Bertz CT molecular complexity index is 497. The SMILES string of the molecule is NCC1Cc2ccccc2CN1c1ncns1. The molecule has 1 aliphatic rings. The lowest BCUT2D eigenvalue weighted by molar-refractivity contribution is 0.560. The van der Waals surface area contributed by atoms with Gasteiger partial charge in [0.25, 0.3) is 0 Å². The highest BCUT2D eigenvalue weighted by Crippen LogP contribution is 2.28. The summed E-state index contributed by atoms with van der Waals surface area (Å²) in [6.07, 6.45) is 2.60. The fourth-order valence-electron chi connectivity index (χ4n) is 2.32. The van der Waals surface area contributed by atoms with Crippen LogP contribution in [0.2, 0.25) is 0 Å². The van der Waals surface area contributed by atoms with Crippen molar-refractivity contribution in [2.75, 3.05) is 11.4 Å². The van der Waals surface area contributed by atoms with E-state index >= 15 is 0 Å². The first-order valence-electron chi connectivity index (χ1n) is 5.68. The Morgan fingerprint density at radius 3 is 2.88 bits per heavy atom. The van der Waals surface area contributed by atoms with E-state index in [2.05, 4.69) is 38.5 Å². The Kier molecular flexibility index (Phi) is 2.78. The van der Waals surface area contributed by atoms with Gasteiger partial charge in [-0.1, -0.05) is 24.3 Å². The number of benzene rings is 1. The molecule has 0 saturated carbocycles. The molecule has 2 heterocycles. The minimum absolute atomic E-state index is 0.331. The Labute approximate surface area is 104 Å². The molecule has 1 unspecified atom stereocenters. The third kappa shape index (κ3) is 1.92. The largest absolute Gasteiger partial charge is 0.338 e. The van der Waals surface area contributed by atoms with E-state index in [1.807, 2.05) is 0 Å². The molecule has 0 spiro atoms. The molecule has 2 aromatic rings. The molecule has 3 rings (SSSR count). The van der Waals surface area contributed by atoms with Crippen molar-refractivity contribution in [3.8, 4) is 0 Å². The first-order chi connectivity index (χ1) is 8.38. The van der Waals surface area contributed by atoms with E-state index < -0.39 is 0 Å². The molecule has 0 fully saturated rings. The van der Waals surface area contributed by atoms with Gasteiger partial charge in [0.1, 0.15) is 6.33 Å². The smallest absolute Gasteiger partial charge is 0.205 e. The van der Waals surface area contributed by atoms with Crippen LogP contribution in [0.5, 0.6) is 0 Å². The number of nitrogens with zero attached hydrogens (tertiary/aromatic N) is 3. The molecule has 1 aromatic carbocycles. The standard InChI is InChI=1S/C12H14N4S/c13-6-11-5-9-3-1-2-4-10(9)7-16(11)12-14-8-15-17-12/h1-4,8,11H,5-7,13H2. The molecule has 1 atom stereocenters. The summed E-state index contributed by atoms with van der Waals surface area (Å²) in [5.74, 6) is 0. The predicted molar refractivity (Wildman–Crippen MR) is 69.1 cm³/mol. The summed E-state index contributed by atoms with van der Waals surface area (Å²) in [5, 5.41) is 0.968. The normalized spacial score (nSPS) is 19.1. The molecule has 0 bridgehead atoms. The van der Waals surface area contributed by atoms with Gasteiger partial charge in [0.2, 0.25) is 5.13 Å². The Hall–Kier alpha value is -1.46. The van der Waals surface area contributed by atoms with Gasteiger partial charge in [0, 0.05) is 30.7 Å². The molecule has 0 aliphatic carbocycles. The van der Waals surface area contributed by atoms with Crippen molar-refractivity contribution < 1.29 is 0 Å². The lowest BCUT2D eigenvalue weighted by Crippen LogP contribution is -2.45. The number of hydrogen-bond donors (Lipinski definition) is 1. The Balaban J connectivity index is 1.96. The maximum atomic E-state index is 5.87. The molecule has 0 amide bonds. The van der Waals surface area contributed by atoms with Crippen LogP contribution in [-0.2, 0) is 13.0 Å². The van der Waals surface area contributed by atoms with Crippen LogP contribution in [0.4, 0.5) is 5.13 Å². The highest BCUT2D eigenvalue weighted by molar-refractivity contribution is 7.09. The molecule has 0 saturated heterocycles. The second kappa shape index (κ2) is 4.43. The van der Waals surface area contributed by atoms with Crippen LogP contribution in [0.1, 0.15) is 11.1 Å². The maximum absolute atomic E-state index is 5.87. The Morgan fingerprint density at radius 1 is 1.35 bits per heavy atom. The van der Waals surface area contributed by atoms with Crippen LogP contribution in [0, 0.1) is 0 Å². The molecular weight excluding hydrogens is 232 g/mol. The molecule has 5 heteroatoms. The highest BCUT2D eigenvalue weighted by atomic mass is 32.1. The van der Waals surface area contributed by atoms with Gasteiger partial charge >= 0.3 is 0 Å². The average Bonchev–Trinajstić information content (AvgIpc) is 2.91. The highest BCUT2D eigenvalue weighted by Gasteiger charge is 2.26. The van der Waals surface area contributed by atoms with Gasteiger partial charge in [-0.05, 0) is 17.5 Å². The summed E-state index contributed by atoms with van der Waals surface area (Å²) in [6, 6.07) is 8.87. The van der Waals surface area contributed by atoms with Crippen LogP contribution >= 0.6 is 11.5 Å². The third-order valence-corrected chi connectivity index (χ3v) is 3.93. The second-order valence-electron chi connectivity index (χ2n) is 4.21. The number of aromatic nitrogens is 2.